The Bertz CT molecular complexity index is 618. The molecule has 0 bridgehead atoms. The van der Waals surface area contributed by atoms with E-state index in [1.54, 1.807) is 30.1 Å². The summed E-state index contributed by atoms with van der Waals surface area (Å²) in [5.74, 6) is 0.445. The molecule has 5 nitrogen and oxygen atoms in total. The Balaban J connectivity index is 2.42. The molecule has 1 aromatic heterocycles. The summed E-state index contributed by atoms with van der Waals surface area (Å²) in [6, 6.07) is 6.43. The summed E-state index contributed by atoms with van der Waals surface area (Å²) in [5, 5.41) is 0.0880. The van der Waals surface area contributed by atoms with Gasteiger partial charge >= 0.3 is 0 Å². The number of nitrogens with zero attached hydrogens (tertiary/aromatic N) is 5. The summed E-state index contributed by atoms with van der Waals surface area (Å²) >= 11 is 5.97. The second-order valence-corrected chi connectivity index (χ2v) is 4.73. The van der Waals surface area contributed by atoms with Crippen LogP contribution in [0.4, 0.5) is 22.0 Å². The third kappa shape index (κ3) is 3.39. The van der Waals surface area contributed by atoms with Crippen molar-refractivity contribution >= 4 is 29.2 Å². The summed E-state index contributed by atoms with van der Waals surface area (Å²) in [5.41, 5.74) is 0.380. The van der Waals surface area contributed by atoms with E-state index in [1.807, 2.05) is 18.7 Å². The minimum absolute atomic E-state index is 0.0880. The van der Waals surface area contributed by atoms with Gasteiger partial charge in [0.05, 0.1) is 5.69 Å². The molecule has 0 amide bonds. The van der Waals surface area contributed by atoms with Crippen molar-refractivity contribution in [1.29, 1.82) is 0 Å². The molecule has 1 heterocycles. The van der Waals surface area contributed by atoms with Gasteiger partial charge in [-0.1, -0.05) is 12.1 Å². The van der Waals surface area contributed by atoms with Crippen LogP contribution in [-0.2, 0) is 0 Å². The van der Waals surface area contributed by atoms with Crippen molar-refractivity contribution in [2.75, 3.05) is 29.9 Å². The largest absolute Gasteiger partial charge is 0.341 e. The smallest absolute Gasteiger partial charge is 0.235 e. The summed E-state index contributed by atoms with van der Waals surface area (Å²) in [6.07, 6.45) is 0. The van der Waals surface area contributed by atoms with Gasteiger partial charge in [0.2, 0.25) is 17.2 Å². The van der Waals surface area contributed by atoms with Crippen molar-refractivity contribution in [1.82, 2.24) is 15.0 Å². The van der Waals surface area contributed by atoms with Crippen molar-refractivity contribution in [2.45, 2.75) is 13.8 Å². The fraction of sp³-hybridized carbons (Fsp3) is 0.357. The third-order valence-electron chi connectivity index (χ3n) is 3.14. The van der Waals surface area contributed by atoms with Gasteiger partial charge in [0, 0.05) is 20.1 Å². The number of hydrogen-bond acceptors (Lipinski definition) is 5. The molecule has 1 aromatic carbocycles. The van der Waals surface area contributed by atoms with Gasteiger partial charge in [-0.15, -0.1) is 0 Å². The van der Waals surface area contributed by atoms with Gasteiger partial charge in [0.15, 0.2) is 0 Å². The molecule has 0 aliphatic carbocycles. The minimum Gasteiger partial charge on any atom is -0.341 e. The van der Waals surface area contributed by atoms with E-state index in [2.05, 4.69) is 15.0 Å². The predicted molar refractivity (Wildman–Crippen MR) is 82.9 cm³/mol. The molecule has 2 aromatic rings. The van der Waals surface area contributed by atoms with Crippen molar-refractivity contribution < 1.29 is 4.39 Å². The Morgan fingerprint density at radius 3 is 2.29 bits per heavy atom. The van der Waals surface area contributed by atoms with E-state index in [9.17, 15) is 4.39 Å². The first-order valence-corrected chi connectivity index (χ1v) is 7.09. The van der Waals surface area contributed by atoms with Crippen LogP contribution in [0.5, 0.6) is 0 Å². The molecular weight excluding hydrogens is 293 g/mol. The monoisotopic (exact) mass is 309 g/mol. The summed E-state index contributed by atoms with van der Waals surface area (Å²) in [6.45, 7) is 5.50. The van der Waals surface area contributed by atoms with E-state index in [0.29, 0.717) is 17.6 Å². The Morgan fingerprint density at radius 1 is 1.05 bits per heavy atom. The van der Waals surface area contributed by atoms with Crippen LogP contribution in [0.2, 0.25) is 5.28 Å². The lowest BCUT2D eigenvalue weighted by Gasteiger charge is -2.22. The number of hydrogen-bond donors (Lipinski definition) is 0. The Labute approximate surface area is 128 Å². The molecule has 0 aliphatic heterocycles. The van der Waals surface area contributed by atoms with Crippen molar-refractivity contribution in [3.63, 3.8) is 0 Å². The minimum atomic E-state index is -0.346. The lowest BCUT2D eigenvalue weighted by molar-refractivity contribution is 0.626. The highest BCUT2D eigenvalue weighted by molar-refractivity contribution is 6.28. The van der Waals surface area contributed by atoms with Crippen LogP contribution in [0.25, 0.3) is 0 Å². The average molecular weight is 310 g/mol. The quantitative estimate of drug-likeness (QED) is 0.848. The molecule has 2 rings (SSSR count). The van der Waals surface area contributed by atoms with E-state index in [1.165, 1.54) is 6.07 Å². The maximum atomic E-state index is 13.9. The highest BCUT2D eigenvalue weighted by Crippen LogP contribution is 2.25. The second kappa shape index (κ2) is 6.67. The van der Waals surface area contributed by atoms with Crippen LogP contribution >= 0.6 is 11.6 Å². The van der Waals surface area contributed by atoms with E-state index < -0.39 is 0 Å². The van der Waals surface area contributed by atoms with E-state index in [-0.39, 0.29) is 11.1 Å². The van der Waals surface area contributed by atoms with Crippen LogP contribution in [0.1, 0.15) is 13.8 Å². The van der Waals surface area contributed by atoms with Gasteiger partial charge < -0.3 is 9.80 Å². The van der Waals surface area contributed by atoms with Gasteiger partial charge in [-0.3, -0.25) is 0 Å². The van der Waals surface area contributed by atoms with E-state index >= 15 is 0 Å². The van der Waals surface area contributed by atoms with Crippen LogP contribution < -0.4 is 9.80 Å². The van der Waals surface area contributed by atoms with Gasteiger partial charge in [0.1, 0.15) is 5.82 Å². The Morgan fingerprint density at radius 2 is 1.67 bits per heavy atom. The first kappa shape index (κ1) is 15.4. The second-order valence-electron chi connectivity index (χ2n) is 4.39. The third-order valence-corrected chi connectivity index (χ3v) is 3.31. The molecule has 112 valence electrons. The molecule has 0 unspecified atom stereocenters. The normalized spacial score (nSPS) is 10.5. The average Bonchev–Trinajstić information content (AvgIpc) is 2.48. The highest BCUT2D eigenvalue weighted by atomic mass is 35.5. The van der Waals surface area contributed by atoms with Crippen LogP contribution in [-0.4, -0.2) is 35.1 Å². The summed E-state index contributed by atoms with van der Waals surface area (Å²) < 4.78 is 13.9. The summed E-state index contributed by atoms with van der Waals surface area (Å²) in [7, 11) is 1.69. The van der Waals surface area contributed by atoms with Crippen molar-refractivity contribution in [3.05, 3.63) is 35.4 Å². The Kier molecular flexibility index (Phi) is 4.90. The van der Waals surface area contributed by atoms with E-state index in [0.717, 1.165) is 13.1 Å². The highest BCUT2D eigenvalue weighted by Gasteiger charge is 2.16. The lowest BCUT2D eigenvalue weighted by atomic mass is 10.3. The van der Waals surface area contributed by atoms with Gasteiger partial charge in [-0.2, -0.15) is 15.0 Å². The van der Waals surface area contributed by atoms with Crippen LogP contribution in [0, 0.1) is 5.82 Å². The molecule has 0 atom stereocenters. The van der Waals surface area contributed by atoms with Crippen LogP contribution in [0.15, 0.2) is 24.3 Å². The van der Waals surface area contributed by atoms with E-state index in [4.69, 9.17) is 11.6 Å². The number of halogens is 2. The molecular formula is C14H17ClFN5. The molecule has 0 radical (unpaired) electrons. The van der Waals surface area contributed by atoms with Gasteiger partial charge in [-0.05, 0) is 37.6 Å². The molecule has 0 N–H and O–H groups in total. The molecule has 0 saturated carbocycles. The topological polar surface area (TPSA) is 45.2 Å². The van der Waals surface area contributed by atoms with Gasteiger partial charge in [0.25, 0.3) is 0 Å². The number of rotatable bonds is 5. The number of benzene rings is 1. The number of aromatic nitrogens is 3. The number of anilines is 3. The SMILES string of the molecule is CCN(CC)c1nc(Cl)nc(N(C)c2ccccc2F)n1. The zero-order valence-electron chi connectivity index (χ0n) is 12.2. The van der Waals surface area contributed by atoms with Crippen molar-refractivity contribution in [2.24, 2.45) is 0 Å². The maximum Gasteiger partial charge on any atom is 0.235 e. The molecule has 7 heteroatoms. The first-order chi connectivity index (χ1) is 10.1. The fourth-order valence-corrected chi connectivity index (χ4v) is 2.11. The van der Waals surface area contributed by atoms with Crippen molar-refractivity contribution in [3.8, 4) is 0 Å². The lowest BCUT2D eigenvalue weighted by Crippen LogP contribution is -2.26. The van der Waals surface area contributed by atoms with Crippen LogP contribution in [0.3, 0.4) is 0 Å². The molecule has 0 aliphatic rings. The molecule has 0 fully saturated rings. The maximum absolute atomic E-state index is 13.9. The molecule has 0 saturated heterocycles. The summed E-state index contributed by atoms with van der Waals surface area (Å²) in [4.78, 5) is 16.1. The predicted octanol–water partition coefficient (Wildman–Crippen LogP) is 3.28. The van der Waals surface area contributed by atoms with Gasteiger partial charge in [-0.25, -0.2) is 4.39 Å². The fourth-order valence-electron chi connectivity index (χ4n) is 1.96. The molecule has 21 heavy (non-hydrogen) atoms. The standard InChI is InChI=1S/C14H17ClFN5/c1-4-21(5-2)14-18-12(15)17-13(19-14)20(3)11-9-7-6-8-10(11)16/h6-9H,4-5H2,1-3H3. The first-order valence-electron chi connectivity index (χ1n) is 6.71. The number of para-hydroxylation sites is 1. The zero-order valence-corrected chi connectivity index (χ0v) is 13.0. The zero-order chi connectivity index (χ0) is 15.4. The molecule has 0 spiro atoms. The Hall–Kier alpha value is -1.95.